The van der Waals surface area contributed by atoms with E-state index in [1.165, 1.54) is 6.42 Å². The Labute approximate surface area is 167 Å². The van der Waals surface area contributed by atoms with Crippen LogP contribution in [0.3, 0.4) is 0 Å². The Morgan fingerprint density at radius 3 is 2.48 bits per heavy atom. The second-order valence-corrected chi connectivity index (χ2v) is 8.30. The van der Waals surface area contributed by atoms with E-state index in [0.717, 1.165) is 38.0 Å². The smallest absolute Gasteiger partial charge is 0.253 e. The lowest BCUT2D eigenvalue weighted by Gasteiger charge is -2.31. The number of nitrogens with zero attached hydrogens (tertiary/aromatic N) is 1. The van der Waals surface area contributed by atoms with Gasteiger partial charge in [-0.15, -0.1) is 11.6 Å². The molecular weight excluding hydrogens is 362 g/mol. The molecule has 0 aliphatic carbocycles. The highest BCUT2D eigenvalue weighted by Gasteiger charge is 2.27. The van der Waals surface area contributed by atoms with Crippen molar-refractivity contribution in [2.24, 2.45) is 5.41 Å². The summed E-state index contributed by atoms with van der Waals surface area (Å²) >= 11 is 5.90. The van der Waals surface area contributed by atoms with Gasteiger partial charge >= 0.3 is 0 Å². The zero-order chi connectivity index (χ0) is 20.0. The highest BCUT2D eigenvalue weighted by atomic mass is 35.5. The fourth-order valence-corrected chi connectivity index (χ4v) is 3.09. The van der Waals surface area contributed by atoms with Gasteiger partial charge in [0.05, 0.1) is 11.0 Å². The lowest BCUT2D eigenvalue weighted by Crippen LogP contribution is -2.36. The van der Waals surface area contributed by atoms with Gasteiger partial charge in [0.25, 0.3) is 5.91 Å². The van der Waals surface area contributed by atoms with Crippen LogP contribution in [0, 0.1) is 5.41 Å². The first-order valence-corrected chi connectivity index (χ1v) is 10.4. The highest BCUT2D eigenvalue weighted by molar-refractivity contribution is 6.20. The first kappa shape index (κ1) is 21.5. The SMILES string of the molecule is CC[C@@H](C)NC(=O)c1cc(NC(=O)C(C)(C)CCl)ccc1N1CCCCC1. The monoisotopic (exact) mass is 393 g/mol. The average molecular weight is 394 g/mol. The molecule has 1 aromatic rings. The molecule has 2 rings (SSSR count). The molecule has 1 saturated heterocycles. The summed E-state index contributed by atoms with van der Waals surface area (Å²) < 4.78 is 0. The summed E-state index contributed by atoms with van der Waals surface area (Å²) in [4.78, 5) is 27.6. The Morgan fingerprint density at radius 1 is 1.22 bits per heavy atom. The van der Waals surface area contributed by atoms with Crippen molar-refractivity contribution < 1.29 is 9.59 Å². The van der Waals surface area contributed by atoms with Crippen molar-refractivity contribution in [1.82, 2.24) is 5.32 Å². The van der Waals surface area contributed by atoms with Gasteiger partial charge < -0.3 is 15.5 Å². The van der Waals surface area contributed by atoms with Crippen LogP contribution in [0.5, 0.6) is 0 Å². The molecule has 0 bridgehead atoms. The second-order valence-electron chi connectivity index (χ2n) is 8.03. The molecule has 1 aromatic carbocycles. The van der Waals surface area contributed by atoms with Crippen LogP contribution in [-0.2, 0) is 4.79 Å². The van der Waals surface area contributed by atoms with Crippen LogP contribution in [0.2, 0.25) is 0 Å². The number of carbonyl (C=O) groups is 2. The van der Waals surface area contributed by atoms with E-state index >= 15 is 0 Å². The predicted octanol–water partition coefficient (Wildman–Crippen LogP) is 4.41. The maximum Gasteiger partial charge on any atom is 0.253 e. The molecule has 1 aliphatic rings. The molecule has 27 heavy (non-hydrogen) atoms. The molecular formula is C21H32ClN3O2. The first-order valence-electron chi connectivity index (χ1n) is 9.85. The molecule has 2 amide bonds. The minimum atomic E-state index is -0.674. The van der Waals surface area contributed by atoms with Crippen molar-refractivity contribution in [1.29, 1.82) is 0 Å². The number of benzene rings is 1. The van der Waals surface area contributed by atoms with Crippen LogP contribution in [0.4, 0.5) is 11.4 Å². The molecule has 5 nitrogen and oxygen atoms in total. The van der Waals surface area contributed by atoms with E-state index in [-0.39, 0.29) is 23.7 Å². The lowest BCUT2D eigenvalue weighted by atomic mass is 9.95. The summed E-state index contributed by atoms with van der Waals surface area (Å²) in [6, 6.07) is 5.69. The van der Waals surface area contributed by atoms with Crippen LogP contribution >= 0.6 is 11.6 Å². The lowest BCUT2D eigenvalue weighted by molar-refractivity contribution is -0.122. The standard InChI is InChI=1S/C21H32ClN3O2/c1-5-15(2)23-19(26)17-13-16(24-20(27)21(3,4)14-22)9-10-18(17)25-11-7-6-8-12-25/h9-10,13,15H,5-8,11-12,14H2,1-4H3,(H,23,26)(H,24,27)/t15-/m1/s1. The van der Waals surface area contributed by atoms with E-state index in [1.54, 1.807) is 19.9 Å². The van der Waals surface area contributed by atoms with Gasteiger partial charge in [0.15, 0.2) is 0 Å². The van der Waals surface area contributed by atoms with Gasteiger partial charge in [0.1, 0.15) is 0 Å². The maximum absolute atomic E-state index is 12.9. The molecule has 0 saturated carbocycles. The number of alkyl halides is 1. The van der Waals surface area contributed by atoms with Crippen molar-refractivity contribution >= 4 is 34.8 Å². The normalized spacial score (nSPS) is 16.0. The summed E-state index contributed by atoms with van der Waals surface area (Å²) in [7, 11) is 0. The van der Waals surface area contributed by atoms with Crippen molar-refractivity contribution in [3.8, 4) is 0 Å². The number of nitrogens with one attached hydrogen (secondary N) is 2. The Hall–Kier alpha value is -1.75. The minimum Gasteiger partial charge on any atom is -0.371 e. The van der Waals surface area contributed by atoms with Gasteiger partial charge in [-0.3, -0.25) is 9.59 Å². The molecule has 1 fully saturated rings. The molecule has 0 unspecified atom stereocenters. The van der Waals surface area contributed by atoms with Crippen molar-refractivity contribution in [2.75, 3.05) is 29.2 Å². The zero-order valence-corrected chi connectivity index (χ0v) is 17.7. The third-order valence-electron chi connectivity index (χ3n) is 5.13. The molecule has 1 aliphatic heterocycles. The summed E-state index contributed by atoms with van der Waals surface area (Å²) in [6.45, 7) is 9.54. The number of carbonyl (C=O) groups excluding carboxylic acids is 2. The van der Waals surface area contributed by atoms with Crippen LogP contribution in [0.25, 0.3) is 0 Å². The van der Waals surface area contributed by atoms with Gasteiger partial charge in [-0.05, 0) is 64.7 Å². The summed E-state index contributed by atoms with van der Waals surface area (Å²) in [6.07, 6.45) is 4.36. The Balaban J connectivity index is 2.32. The van der Waals surface area contributed by atoms with Gasteiger partial charge in [-0.1, -0.05) is 6.92 Å². The molecule has 150 valence electrons. The van der Waals surface area contributed by atoms with E-state index in [2.05, 4.69) is 15.5 Å². The van der Waals surface area contributed by atoms with E-state index in [1.807, 2.05) is 26.0 Å². The number of hydrogen-bond donors (Lipinski definition) is 2. The van der Waals surface area contributed by atoms with Gasteiger partial charge in [0.2, 0.25) is 5.91 Å². The molecule has 1 heterocycles. The third-order valence-corrected chi connectivity index (χ3v) is 5.80. The topological polar surface area (TPSA) is 61.4 Å². The van der Waals surface area contributed by atoms with E-state index in [9.17, 15) is 9.59 Å². The van der Waals surface area contributed by atoms with E-state index < -0.39 is 5.41 Å². The largest absolute Gasteiger partial charge is 0.371 e. The van der Waals surface area contributed by atoms with Crippen LogP contribution in [0.1, 0.15) is 63.7 Å². The minimum absolute atomic E-state index is 0.0973. The summed E-state index contributed by atoms with van der Waals surface area (Å²) in [5.41, 5.74) is 1.49. The van der Waals surface area contributed by atoms with Gasteiger partial charge in [-0.2, -0.15) is 0 Å². The number of hydrogen-bond acceptors (Lipinski definition) is 3. The number of halogens is 1. The van der Waals surface area contributed by atoms with Gasteiger partial charge in [-0.25, -0.2) is 0 Å². The van der Waals surface area contributed by atoms with Crippen LogP contribution in [0.15, 0.2) is 18.2 Å². The maximum atomic E-state index is 12.9. The summed E-state index contributed by atoms with van der Waals surface area (Å²) in [5.74, 6) is -0.0272. The second kappa shape index (κ2) is 9.45. The quantitative estimate of drug-likeness (QED) is 0.674. The molecule has 0 radical (unpaired) electrons. The molecule has 2 N–H and O–H groups in total. The predicted molar refractivity (Wildman–Crippen MR) is 113 cm³/mol. The Bertz CT molecular complexity index is 669. The molecule has 0 spiro atoms. The number of piperidine rings is 1. The van der Waals surface area contributed by atoms with Crippen molar-refractivity contribution in [3.63, 3.8) is 0 Å². The Morgan fingerprint density at radius 2 is 1.89 bits per heavy atom. The number of amides is 2. The first-order chi connectivity index (χ1) is 12.8. The fraction of sp³-hybridized carbons (Fsp3) is 0.619. The van der Waals surface area contributed by atoms with Crippen LogP contribution in [-0.4, -0.2) is 36.8 Å². The number of anilines is 2. The van der Waals surface area contributed by atoms with Gasteiger partial charge in [0, 0.05) is 36.4 Å². The third kappa shape index (κ3) is 5.61. The number of rotatable bonds is 7. The molecule has 6 heteroatoms. The summed E-state index contributed by atoms with van der Waals surface area (Å²) in [5, 5.41) is 5.95. The molecule has 1 atom stereocenters. The van der Waals surface area contributed by atoms with E-state index in [0.29, 0.717) is 11.3 Å². The fourth-order valence-electron chi connectivity index (χ4n) is 2.97. The molecule has 0 aromatic heterocycles. The van der Waals surface area contributed by atoms with Crippen molar-refractivity contribution in [3.05, 3.63) is 23.8 Å². The van der Waals surface area contributed by atoms with Crippen molar-refractivity contribution in [2.45, 2.75) is 59.4 Å². The average Bonchev–Trinajstić information content (AvgIpc) is 2.68. The zero-order valence-electron chi connectivity index (χ0n) is 16.9. The highest BCUT2D eigenvalue weighted by Crippen LogP contribution is 2.28. The van der Waals surface area contributed by atoms with Crippen LogP contribution < -0.4 is 15.5 Å². The van der Waals surface area contributed by atoms with E-state index in [4.69, 9.17) is 11.6 Å². The Kier molecular flexibility index (Phi) is 7.54.